The highest BCUT2D eigenvalue weighted by Gasteiger charge is 2.24. The highest BCUT2D eigenvalue weighted by Crippen LogP contribution is 2.20. The van der Waals surface area contributed by atoms with Crippen LogP contribution in [0.1, 0.15) is 24.8 Å². The van der Waals surface area contributed by atoms with Crippen molar-refractivity contribution in [1.29, 1.82) is 0 Å². The number of Topliss-reactive ketones (excluding diaryl/α,β-unsaturated/α-hetero) is 1. The molecule has 1 atom stereocenters. The third-order valence-electron chi connectivity index (χ3n) is 2.21. The summed E-state index contributed by atoms with van der Waals surface area (Å²) < 4.78 is 12.6. The van der Waals surface area contributed by atoms with Crippen LogP contribution >= 0.6 is 0 Å². The molecule has 0 spiro atoms. The summed E-state index contributed by atoms with van der Waals surface area (Å²) in [4.78, 5) is 21.8. The highest BCUT2D eigenvalue weighted by atomic mass is 19.1. The summed E-state index contributed by atoms with van der Waals surface area (Å²) in [5.41, 5.74) is 0.534. The minimum absolute atomic E-state index is 0.386. The number of aliphatic carboxylic acids is 1. The van der Waals surface area contributed by atoms with Crippen molar-refractivity contribution >= 4 is 11.8 Å². The van der Waals surface area contributed by atoms with Crippen molar-refractivity contribution < 1.29 is 19.1 Å². The van der Waals surface area contributed by atoms with Crippen LogP contribution in [0.5, 0.6) is 0 Å². The topological polar surface area (TPSA) is 54.4 Å². The van der Waals surface area contributed by atoms with E-state index < -0.39 is 23.5 Å². The molecule has 0 saturated carbocycles. The minimum Gasteiger partial charge on any atom is -0.475 e. The molecule has 15 heavy (non-hydrogen) atoms. The largest absolute Gasteiger partial charge is 0.475 e. The number of ketones is 1. The number of benzene rings is 1. The van der Waals surface area contributed by atoms with E-state index in [1.807, 2.05) is 0 Å². The van der Waals surface area contributed by atoms with Gasteiger partial charge in [0.25, 0.3) is 0 Å². The zero-order valence-corrected chi connectivity index (χ0v) is 8.24. The van der Waals surface area contributed by atoms with Gasteiger partial charge in [0.15, 0.2) is 0 Å². The van der Waals surface area contributed by atoms with Gasteiger partial charge in [0.05, 0.1) is 5.92 Å². The molecule has 0 amide bonds. The fourth-order valence-electron chi connectivity index (χ4n) is 1.42. The predicted octanol–water partition coefficient (Wildman–Crippen LogP) is 1.97. The average molecular weight is 210 g/mol. The zero-order valence-electron chi connectivity index (χ0n) is 8.24. The van der Waals surface area contributed by atoms with Crippen molar-refractivity contribution in [2.75, 3.05) is 0 Å². The lowest BCUT2D eigenvalue weighted by atomic mass is 9.92. The van der Waals surface area contributed by atoms with Crippen molar-refractivity contribution in [2.45, 2.75) is 19.3 Å². The van der Waals surface area contributed by atoms with Crippen LogP contribution in [0.25, 0.3) is 0 Å². The number of carbonyl (C=O) groups is 2. The number of carboxylic acids is 1. The van der Waals surface area contributed by atoms with Gasteiger partial charge in [-0.15, -0.1) is 0 Å². The van der Waals surface area contributed by atoms with E-state index in [2.05, 4.69) is 0 Å². The van der Waals surface area contributed by atoms with Gasteiger partial charge in [-0.1, -0.05) is 19.1 Å². The third-order valence-corrected chi connectivity index (χ3v) is 2.21. The summed E-state index contributed by atoms with van der Waals surface area (Å²) in [6.45, 7) is 1.72. The Bertz CT molecular complexity index is 370. The Hall–Kier alpha value is -1.71. The first-order valence-electron chi connectivity index (χ1n) is 4.58. The van der Waals surface area contributed by atoms with Crippen LogP contribution in [0.4, 0.5) is 4.39 Å². The molecule has 1 unspecified atom stereocenters. The molecule has 0 heterocycles. The smallest absolute Gasteiger partial charge is 0.372 e. The van der Waals surface area contributed by atoms with E-state index in [0.717, 1.165) is 0 Å². The zero-order chi connectivity index (χ0) is 11.4. The molecule has 4 heteroatoms. The first-order valence-corrected chi connectivity index (χ1v) is 4.58. The SMILES string of the molecule is CCC(C(=O)C(=O)O)c1ccc(F)cc1. The van der Waals surface area contributed by atoms with Gasteiger partial charge in [0, 0.05) is 0 Å². The van der Waals surface area contributed by atoms with E-state index in [1.54, 1.807) is 6.92 Å². The Morgan fingerprint density at radius 2 is 1.87 bits per heavy atom. The molecule has 0 fully saturated rings. The summed E-state index contributed by atoms with van der Waals surface area (Å²) in [6, 6.07) is 5.30. The molecule has 0 aliphatic rings. The lowest BCUT2D eigenvalue weighted by Crippen LogP contribution is -2.21. The van der Waals surface area contributed by atoms with Crippen molar-refractivity contribution in [1.82, 2.24) is 0 Å². The Morgan fingerprint density at radius 1 is 1.33 bits per heavy atom. The molecule has 1 aromatic carbocycles. The van der Waals surface area contributed by atoms with Crippen molar-refractivity contribution in [3.63, 3.8) is 0 Å². The van der Waals surface area contributed by atoms with Crippen LogP contribution in [0.2, 0.25) is 0 Å². The fourth-order valence-corrected chi connectivity index (χ4v) is 1.42. The van der Waals surface area contributed by atoms with Crippen LogP contribution in [0, 0.1) is 5.82 Å². The number of carbonyl (C=O) groups excluding carboxylic acids is 1. The second-order valence-electron chi connectivity index (χ2n) is 3.18. The van der Waals surface area contributed by atoms with Crippen LogP contribution in [-0.4, -0.2) is 16.9 Å². The Kier molecular flexibility index (Phi) is 3.55. The summed E-state index contributed by atoms with van der Waals surface area (Å²) in [5.74, 6) is -3.41. The van der Waals surface area contributed by atoms with Gasteiger partial charge in [0.2, 0.25) is 5.78 Å². The Morgan fingerprint density at radius 3 is 2.27 bits per heavy atom. The molecule has 1 aromatic rings. The molecular formula is C11H11FO3. The van der Waals surface area contributed by atoms with E-state index in [4.69, 9.17) is 5.11 Å². The maximum atomic E-state index is 12.6. The summed E-state index contributed by atoms with van der Waals surface area (Å²) in [6.07, 6.45) is 0.386. The van der Waals surface area contributed by atoms with Crippen molar-refractivity contribution in [3.05, 3.63) is 35.6 Å². The first kappa shape index (κ1) is 11.4. The molecule has 1 N–H and O–H groups in total. The van der Waals surface area contributed by atoms with Gasteiger partial charge in [-0.2, -0.15) is 0 Å². The van der Waals surface area contributed by atoms with Crippen LogP contribution in [-0.2, 0) is 9.59 Å². The second kappa shape index (κ2) is 4.68. The standard InChI is InChI=1S/C11H11FO3/c1-2-9(10(13)11(14)15)7-3-5-8(12)6-4-7/h3-6,9H,2H2,1H3,(H,14,15). The molecule has 0 aromatic heterocycles. The Balaban J connectivity index is 2.97. The average Bonchev–Trinajstić information content (AvgIpc) is 2.21. The minimum atomic E-state index is -1.45. The summed E-state index contributed by atoms with van der Waals surface area (Å²) in [5, 5.41) is 8.58. The number of halogens is 1. The molecule has 3 nitrogen and oxygen atoms in total. The predicted molar refractivity (Wildman–Crippen MR) is 52.1 cm³/mol. The van der Waals surface area contributed by atoms with E-state index >= 15 is 0 Å². The lowest BCUT2D eigenvalue weighted by molar-refractivity contribution is -0.149. The van der Waals surface area contributed by atoms with Crippen LogP contribution in [0.3, 0.4) is 0 Å². The van der Waals surface area contributed by atoms with Gasteiger partial charge >= 0.3 is 5.97 Å². The summed E-state index contributed by atoms with van der Waals surface area (Å²) in [7, 11) is 0. The molecule has 0 aliphatic heterocycles. The normalized spacial score (nSPS) is 12.1. The monoisotopic (exact) mass is 210 g/mol. The van der Waals surface area contributed by atoms with E-state index in [-0.39, 0.29) is 0 Å². The highest BCUT2D eigenvalue weighted by molar-refractivity contribution is 6.34. The van der Waals surface area contributed by atoms with Gasteiger partial charge in [-0.05, 0) is 24.1 Å². The second-order valence-corrected chi connectivity index (χ2v) is 3.18. The van der Waals surface area contributed by atoms with Gasteiger partial charge < -0.3 is 5.11 Å². The number of hydrogen-bond acceptors (Lipinski definition) is 2. The first-order chi connectivity index (χ1) is 7.06. The van der Waals surface area contributed by atoms with E-state index in [1.165, 1.54) is 24.3 Å². The third kappa shape index (κ3) is 2.62. The van der Waals surface area contributed by atoms with Crippen LogP contribution < -0.4 is 0 Å². The lowest BCUT2D eigenvalue weighted by Gasteiger charge is -2.10. The molecule has 1 rings (SSSR count). The van der Waals surface area contributed by atoms with E-state index in [9.17, 15) is 14.0 Å². The Labute approximate surface area is 86.5 Å². The molecular weight excluding hydrogens is 199 g/mol. The molecule has 0 saturated heterocycles. The quantitative estimate of drug-likeness (QED) is 0.773. The number of carboxylic acid groups (broad SMARTS) is 1. The van der Waals surface area contributed by atoms with Crippen LogP contribution in [0.15, 0.2) is 24.3 Å². The van der Waals surface area contributed by atoms with Gasteiger partial charge in [-0.3, -0.25) is 4.79 Å². The maximum Gasteiger partial charge on any atom is 0.372 e. The number of rotatable bonds is 4. The van der Waals surface area contributed by atoms with Crippen molar-refractivity contribution in [2.24, 2.45) is 0 Å². The molecule has 0 aliphatic carbocycles. The fraction of sp³-hybridized carbons (Fsp3) is 0.273. The molecule has 0 radical (unpaired) electrons. The maximum absolute atomic E-state index is 12.6. The summed E-state index contributed by atoms with van der Waals surface area (Å²) >= 11 is 0. The van der Waals surface area contributed by atoms with Crippen molar-refractivity contribution in [3.8, 4) is 0 Å². The van der Waals surface area contributed by atoms with E-state index in [0.29, 0.717) is 12.0 Å². The molecule has 0 bridgehead atoms. The number of hydrogen-bond donors (Lipinski definition) is 1. The van der Waals surface area contributed by atoms with Gasteiger partial charge in [0.1, 0.15) is 5.82 Å². The van der Waals surface area contributed by atoms with Gasteiger partial charge in [-0.25, -0.2) is 9.18 Å². The molecule has 80 valence electrons.